The zero-order valence-corrected chi connectivity index (χ0v) is 16.6. The third kappa shape index (κ3) is 3.98. The first-order chi connectivity index (χ1) is 14.5. The number of hydrogen-bond donors (Lipinski definition) is 2. The van der Waals surface area contributed by atoms with Gasteiger partial charge in [-0.3, -0.25) is 14.9 Å². The van der Waals surface area contributed by atoms with E-state index in [1.165, 1.54) is 7.11 Å². The highest BCUT2D eigenvalue weighted by atomic mass is 32.2. The van der Waals surface area contributed by atoms with E-state index < -0.39 is 5.97 Å². The minimum atomic E-state index is -0.955. The molecule has 0 saturated heterocycles. The normalized spacial score (nSPS) is 10.8. The fourth-order valence-electron chi connectivity index (χ4n) is 3.05. The Labute approximate surface area is 174 Å². The number of nitrogens with one attached hydrogen (secondary N) is 1. The number of rotatable bonds is 7. The number of carboxylic acids is 1. The molecule has 150 valence electrons. The largest absolute Gasteiger partial charge is 0.481 e. The Morgan fingerprint density at radius 1 is 1.23 bits per heavy atom. The van der Waals surface area contributed by atoms with E-state index >= 15 is 0 Å². The van der Waals surface area contributed by atoms with Crippen molar-refractivity contribution in [3.8, 4) is 22.5 Å². The second-order valence-electron chi connectivity index (χ2n) is 6.26. The number of hydrogen-bond acceptors (Lipinski definition) is 7. The Kier molecular flexibility index (Phi) is 5.40. The maximum atomic E-state index is 12.2. The number of aliphatic carboxylic acids is 1. The molecule has 0 fully saturated rings. The van der Waals surface area contributed by atoms with Gasteiger partial charge < -0.3 is 5.11 Å². The molecule has 9 nitrogen and oxygen atoms in total. The topological polar surface area (TPSA) is 121 Å². The molecule has 10 heteroatoms. The molecule has 0 spiro atoms. The average molecular weight is 422 g/mol. The molecule has 2 N–H and O–H groups in total. The standard InChI is InChI=1S/C20H15N5O4S/c1-29-25(28)15-8-13(16-4-2-3-12-10-21-6-5-17(12)16)7-14(9-15)19-22-20(24-23-19)30-11-18(26)27/h2-10H,11H2,1H3,(H-,22,23,24,26,27)/p+1. The number of pyridine rings is 1. The number of benzene rings is 2. The quantitative estimate of drug-likeness (QED) is 0.340. The van der Waals surface area contributed by atoms with E-state index in [9.17, 15) is 9.70 Å². The number of nitrogens with zero attached hydrogens (tertiary/aromatic N) is 4. The van der Waals surface area contributed by atoms with Gasteiger partial charge in [0.05, 0.1) is 10.7 Å². The molecule has 0 aliphatic carbocycles. The van der Waals surface area contributed by atoms with Crippen molar-refractivity contribution in [2.75, 3.05) is 12.9 Å². The lowest BCUT2D eigenvalue weighted by molar-refractivity contribution is -0.736. The molecular weight excluding hydrogens is 406 g/mol. The van der Waals surface area contributed by atoms with Gasteiger partial charge in [0.2, 0.25) is 5.16 Å². The maximum Gasteiger partial charge on any atom is 0.318 e. The first-order valence-corrected chi connectivity index (χ1v) is 9.80. The monoisotopic (exact) mass is 422 g/mol. The van der Waals surface area contributed by atoms with Gasteiger partial charge in [0.15, 0.2) is 12.9 Å². The molecule has 0 aliphatic heterocycles. The average Bonchev–Trinajstić information content (AvgIpc) is 3.25. The summed E-state index contributed by atoms with van der Waals surface area (Å²) in [7, 11) is 1.29. The molecule has 0 unspecified atom stereocenters. The van der Waals surface area contributed by atoms with Gasteiger partial charge in [-0.15, -0.1) is 5.10 Å². The summed E-state index contributed by atoms with van der Waals surface area (Å²) in [4.78, 5) is 36.7. The van der Waals surface area contributed by atoms with E-state index in [0.717, 1.165) is 33.7 Å². The Balaban J connectivity index is 1.82. The lowest BCUT2D eigenvalue weighted by Gasteiger charge is -2.08. The summed E-state index contributed by atoms with van der Waals surface area (Å²) in [5.41, 5.74) is 2.60. The number of carbonyl (C=O) groups is 1. The first-order valence-electron chi connectivity index (χ1n) is 8.82. The van der Waals surface area contributed by atoms with Crippen LogP contribution in [0.2, 0.25) is 0 Å². The number of fused-ring (bicyclic) bond motifs is 1. The minimum Gasteiger partial charge on any atom is -0.481 e. The van der Waals surface area contributed by atoms with Gasteiger partial charge in [-0.05, 0) is 28.6 Å². The molecule has 4 rings (SSSR count). The van der Waals surface area contributed by atoms with E-state index in [4.69, 9.17) is 9.94 Å². The Hall–Kier alpha value is -3.79. The second-order valence-corrected chi connectivity index (χ2v) is 7.20. The highest BCUT2D eigenvalue weighted by molar-refractivity contribution is 7.99. The summed E-state index contributed by atoms with van der Waals surface area (Å²) >= 11 is 1.00. The van der Waals surface area contributed by atoms with Crippen molar-refractivity contribution in [1.82, 2.24) is 20.2 Å². The molecule has 0 aliphatic rings. The highest BCUT2D eigenvalue weighted by Gasteiger charge is 2.20. The van der Waals surface area contributed by atoms with Crippen LogP contribution in [0.25, 0.3) is 33.3 Å². The van der Waals surface area contributed by atoms with Crippen LogP contribution in [0.15, 0.2) is 60.0 Å². The number of thioether (sulfide) groups is 1. The number of aromatic amines is 1. The summed E-state index contributed by atoms with van der Waals surface area (Å²) in [6.45, 7) is 0. The zero-order chi connectivity index (χ0) is 21.1. The highest BCUT2D eigenvalue weighted by Crippen LogP contribution is 2.34. The van der Waals surface area contributed by atoms with Crippen LogP contribution >= 0.6 is 11.8 Å². The van der Waals surface area contributed by atoms with Crippen molar-refractivity contribution < 1.29 is 19.7 Å². The molecular formula is C20H16N5O4S+. The zero-order valence-electron chi connectivity index (χ0n) is 15.8. The molecule has 2 aromatic heterocycles. The lowest BCUT2D eigenvalue weighted by Crippen LogP contribution is -1.99. The van der Waals surface area contributed by atoms with E-state index in [1.807, 2.05) is 30.3 Å². The fraction of sp³-hybridized carbons (Fsp3) is 0.100. The fourth-order valence-corrected chi connectivity index (χ4v) is 3.57. The van der Waals surface area contributed by atoms with E-state index in [1.54, 1.807) is 24.5 Å². The van der Waals surface area contributed by atoms with Crippen molar-refractivity contribution in [2.24, 2.45) is 0 Å². The van der Waals surface area contributed by atoms with Crippen LogP contribution in [-0.4, -0.2) is 49.0 Å². The van der Waals surface area contributed by atoms with Crippen LogP contribution in [0, 0.1) is 4.91 Å². The smallest absolute Gasteiger partial charge is 0.318 e. The number of carboxylic acid groups (broad SMARTS) is 1. The van der Waals surface area contributed by atoms with Crippen molar-refractivity contribution in [2.45, 2.75) is 5.16 Å². The molecule has 0 atom stereocenters. The molecule has 30 heavy (non-hydrogen) atoms. The van der Waals surface area contributed by atoms with E-state index in [-0.39, 0.29) is 11.4 Å². The van der Waals surface area contributed by atoms with Crippen LogP contribution in [-0.2, 0) is 9.63 Å². The Morgan fingerprint density at radius 2 is 2.07 bits per heavy atom. The molecule has 0 radical (unpaired) electrons. The van der Waals surface area contributed by atoms with Crippen LogP contribution in [0.5, 0.6) is 0 Å². The van der Waals surface area contributed by atoms with Crippen LogP contribution in [0.3, 0.4) is 0 Å². The predicted molar refractivity (Wildman–Crippen MR) is 111 cm³/mol. The van der Waals surface area contributed by atoms with Crippen LogP contribution < -0.4 is 0 Å². The lowest BCUT2D eigenvalue weighted by atomic mass is 9.97. The third-order valence-corrected chi connectivity index (χ3v) is 5.18. The second kappa shape index (κ2) is 8.29. The predicted octanol–water partition coefficient (Wildman–Crippen LogP) is 3.84. The minimum absolute atomic E-state index is 0.148. The maximum absolute atomic E-state index is 12.2. The first kappa shape index (κ1) is 19.5. The Morgan fingerprint density at radius 3 is 2.87 bits per heavy atom. The molecule has 2 heterocycles. The molecule has 2 aromatic carbocycles. The van der Waals surface area contributed by atoms with Crippen molar-refractivity contribution >= 4 is 34.2 Å². The summed E-state index contributed by atoms with van der Waals surface area (Å²) in [6, 6.07) is 13.0. The van der Waals surface area contributed by atoms with Gasteiger partial charge in [-0.25, -0.2) is 9.82 Å². The van der Waals surface area contributed by atoms with Gasteiger partial charge in [0, 0.05) is 35.5 Å². The summed E-state index contributed by atoms with van der Waals surface area (Å²) < 4.78 is 0. The molecule has 0 saturated carbocycles. The van der Waals surface area contributed by atoms with E-state index in [2.05, 4.69) is 20.2 Å². The molecule has 0 bridgehead atoms. The molecule has 4 aromatic rings. The van der Waals surface area contributed by atoms with Crippen LogP contribution in [0.4, 0.5) is 5.69 Å². The molecule has 0 amide bonds. The van der Waals surface area contributed by atoms with E-state index in [0.29, 0.717) is 21.5 Å². The van der Waals surface area contributed by atoms with Gasteiger partial charge in [0.25, 0.3) is 4.92 Å². The van der Waals surface area contributed by atoms with Crippen molar-refractivity contribution in [3.63, 3.8) is 0 Å². The summed E-state index contributed by atoms with van der Waals surface area (Å²) in [5.74, 6) is -0.689. The van der Waals surface area contributed by atoms with Crippen molar-refractivity contribution in [1.29, 1.82) is 0 Å². The summed E-state index contributed by atoms with van der Waals surface area (Å²) in [6.07, 6.45) is 3.50. The SMILES string of the molecule is CO[N+](=O)c1cc(-c2nc(SCC(=O)O)n[nH]2)cc(-c2cccc3cnccc23)c1. The summed E-state index contributed by atoms with van der Waals surface area (Å²) in [5, 5.41) is 17.9. The number of aromatic nitrogens is 4. The van der Waals surface area contributed by atoms with Crippen LogP contribution in [0.1, 0.15) is 0 Å². The van der Waals surface area contributed by atoms with Gasteiger partial charge in [0.1, 0.15) is 0 Å². The third-order valence-electron chi connectivity index (χ3n) is 4.35. The number of H-pyrrole nitrogens is 1. The van der Waals surface area contributed by atoms with Crippen molar-refractivity contribution in [3.05, 3.63) is 59.8 Å². The Bertz CT molecular complexity index is 1250. The van der Waals surface area contributed by atoms with Gasteiger partial charge in [-0.1, -0.05) is 30.0 Å². The van der Waals surface area contributed by atoms with Gasteiger partial charge >= 0.3 is 11.7 Å². The van der Waals surface area contributed by atoms with Gasteiger partial charge in [-0.2, -0.15) is 0 Å².